The van der Waals surface area contributed by atoms with Crippen LogP contribution in [-0.4, -0.2) is 31.3 Å². The molecule has 1 aliphatic rings. The van der Waals surface area contributed by atoms with E-state index in [4.69, 9.17) is 14.0 Å². The van der Waals surface area contributed by atoms with Gasteiger partial charge in [-0.05, 0) is 52.2 Å². The second-order valence-electron chi connectivity index (χ2n) is 6.04. The van der Waals surface area contributed by atoms with Crippen molar-refractivity contribution in [1.82, 2.24) is 0 Å². The largest absolute Gasteiger partial charge is 0.494 e. The van der Waals surface area contributed by atoms with Gasteiger partial charge in [0.15, 0.2) is 0 Å². The van der Waals surface area contributed by atoms with E-state index in [2.05, 4.69) is 5.32 Å². The number of hydrogen-bond donors (Lipinski definition) is 1. The zero-order valence-corrected chi connectivity index (χ0v) is 13.2. The molecule has 0 radical (unpaired) electrons. The third-order valence-corrected chi connectivity index (χ3v) is 4.05. The highest BCUT2D eigenvalue weighted by atomic mass is 16.7. The SMILES string of the molecule is CCOc1cc(B2OC(C)(C)C(C)(C)O2)ccc1NC=O. The van der Waals surface area contributed by atoms with Crippen molar-refractivity contribution >= 4 is 24.7 Å². The Labute approximate surface area is 126 Å². The molecule has 0 saturated carbocycles. The molecule has 1 aliphatic heterocycles. The summed E-state index contributed by atoms with van der Waals surface area (Å²) in [6.07, 6.45) is 0.631. The second-order valence-corrected chi connectivity index (χ2v) is 6.04. The summed E-state index contributed by atoms with van der Waals surface area (Å²) in [4.78, 5) is 10.6. The molecule has 2 rings (SSSR count). The molecule has 21 heavy (non-hydrogen) atoms. The number of benzene rings is 1. The average molecular weight is 291 g/mol. The van der Waals surface area contributed by atoms with Gasteiger partial charge >= 0.3 is 7.12 Å². The summed E-state index contributed by atoms with van der Waals surface area (Å²) in [5.41, 5.74) is 0.729. The zero-order valence-electron chi connectivity index (χ0n) is 13.2. The maximum Gasteiger partial charge on any atom is 0.494 e. The molecule has 0 bridgehead atoms. The average Bonchev–Trinajstić information content (AvgIpc) is 2.61. The highest BCUT2D eigenvalue weighted by molar-refractivity contribution is 6.62. The van der Waals surface area contributed by atoms with E-state index in [1.807, 2.05) is 46.8 Å². The number of amides is 1. The maximum absolute atomic E-state index is 10.6. The van der Waals surface area contributed by atoms with Crippen LogP contribution in [0.3, 0.4) is 0 Å². The number of hydrogen-bond acceptors (Lipinski definition) is 4. The summed E-state index contributed by atoms with van der Waals surface area (Å²) in [5, 5.41) is 2.62. The first-order valence-electron chi connectivity index (χ1n) is 7.13. The molecule has 1 N–H and O–H groups in total. The standard InChI is InChI=1S/C15H22BNO4/c1-6-19-13-9-11(7-8-12(13)17-10-18)16-20-14(2,3)15(4,5)21-16/h7-10H,6H2,1-5H3,(H,17,18). The molecule has 5 nitrogen and oxygen atoms in total. The molecule has 1 amide bonds. The number of rotatable bonds is 5. The van der Waals surface area contributed by atoms with Crippen LogP contribution in [0.5, 0.6) is 5.75 Å². The van der Waals surface area contributed by atoms with E-state index in [1.54, 1.807) is 6.07 Å². The van der Waals surface area contributed by atoms with Crippen molar-refractivity contribution in [3.8, 4) is 5.75 Å². The third-order valence-electron chi connectivity index (χ3n) is 4.05. The van der Waals surface area contributed by atoms with Gasteiger partial charge in [-0.3, -0.25) is 4.79 Å². The van der Waals surface area contributed by atoms with Crippen LogP contribution in [0.25, 0.3) is 0 Å². The molecule has 0 spiro atoms. The van der Waals surface area contributed by atoms with Crippen LogP contribution in [0.1, 0.15) is 34.6 Å². The van der Waals surface area contributed by atoms with Crippen LogP contribution in [-0.2, 0) is 14.1 Å². The highest BCUT2D eigenvalue weighted by Crippen LogP contribution is 2.37. The smallest absolute Gasteiger partial charge is 0.492 e. The fraction of sp³-hybridized carbons (Fsp3) is 0.533. The molecule has 0 aromatic heterocycles. The lowest BCUT2D eigenvalue weighted by Gasteiger charge is -2.32. The van der Waals surface area contributed by atoms with Crippen LogP contribution >= 0.6 is 0 Å². The van der Waals surface area contributed by atoms with Gasteiger partial charge in [0.05, 0.1) is 23.5 Å². The van der Waals surface area contributed by atoms with Crippen LogP contribution in [0, 0.1) is 0 Å². The number of ether oxygens (including phenoxy) is 1. The zero-order chi connectivity index (χ0) is 15.7. The van der Waals surface area contributed by atoms with Crippen molar-refractivity contribution < 1.29 is 18.8 Å². The normalized spacial score (nSPS) is 19.4. The Morgan fingerprint density at radius 3 is 2.38 bits per heavy atom. The molecule has 1 fully saturated rings. The molecular formula is C15H22BNO4. The molecule has 1 heterocycles. The lowest BCUT2D eigenvalue weighted by Crippen LogP contribution is -2.41. The molecule has 114 valence electrons. The fourth-order valence-corrected chi connectivity index (χ4v) is 2.12. The topological polar surface area (TPSA) is 56.8 Å². The maximum atomic E-state index is 10.6. The van der Waals surface area contributed by atoms with Gasteiger partial charge in [0.25, 0.3) is 0 Å². The van der Waals surface area contributed by atoms with Crippen molar-refractivity contribution in [2.75, 3.05) is 11.9 Å². The van der Waals surface area contributed by atoms with Crippen LogP contribution in [0.4, 0.5) is 5.69 Å². The van der Waals surface area contributed by atoms with E-state index in [1.165, 1.54) is 0 Å². The number of carbonyl (C=O) groups is 1. The molecule has 1 saturated heterocycles. The van der Waals surface area contributed by atoms with Crippen molar-refractivity contribution in [1.29, 1.82) is 0 Å². The highest BCUT2D eigenvalue weighted by Gasteiger charge is 2.51. The van der Waals surface area contributed by atoms with Gasteiger partial charge in [-0.25, -0.2) is 0 Å². The quantitative estimate of drug-likeness (QED) is 0.665. The van der Waals surface area contributed by atoms with Gasteiger partial charge in [0, 0.05) is 0 Å². The summed E-state index contributed by atoms with van der Waals surface area (Å²) >= 11 is 0. The van der Waals surface area contributed by atoms with Crippen molar-refractivity contribution in [3.63, 3.8) is 0 Å². The van der Waals surface area contributed by atoms with E-state index in [-0.39, 0.29) is 11.2 Å². The molecule has 0 unspecified atom stereocenters. The monoisotopic (exact) mass is 291 g/mol. The molecule has 1 aromatic rings. The minimum atomic E-state index is -0.445. The Hall–Kier alpha value is -1.53. The van der Waals surface area contributed by atoms with Gasteiger partial charge < -0.3 is 19.4 Å². The Morgan fingerprint density at radius 1 is 1.24 bits per heavy atom. The number of carbonyl (C=O) groups excluding carboxylic acids is 1. The van der Waals surface area contributed by atoms with Crippen molar-refractivity contribution in [2.45, 2.75) is 45.8 Å². The van der Waals surface area contributed by atoms with Gasteiger partial charge in [0.2, 0.25) is 6.41 Å². The molecule has 6 heteroatoms. The lowest BCUT2D eigenvalue weighted by atomic mass is 9.79. The van der Waals surface area contributed by atoms with E-state index in [0.29, 0.717) is 24.5 Å². The first kappa shape index (κ1) is 15.9. The fourth-order valence-electron chi connectivity index (χ4n) is 2.12. The first-order chi connectivity index (χ1) is 9.80. The van der Waals surface area contributed by atoms with Crippen molar-refractivity contribution in [2.24, 2.45) is 0 Å². The summed E-state index contributed by atoms with van der Waals surface area (Å²) < 4.78 is 17.6. The Bertz CT molecular complexity index is 514. The van der Waals surface area contributed by atoms with E-state index >= 15 is 0 Å². The minimum absolute atomic E-state index is 0.386. The molecule has 1 aromatic carbocycles. The summed E-state index contributed by atoms with van der Waals surface area (Å²) in [7, 11) is -0.445. The molecule has 0 aliphatic carbocycles. The summed E-state index contributed by atoms with van der Waals surface area (Å²) in [6, 6.07) is 5.51. The van der Waals surface area contributed by atoms with E-state index in [9.17, 15) is 4.79 Å². The third kappa shape index (κ3) is 3.06. The molecule has 0 atom stereocenters. The van der Waals surface area contributed by atoms with Gasteiger partial charge in [0.1, 0.15) is 5.75 Å². The Morgan fingerprint density at radius 2 is 1.86 bits per heavy atom. The van der Waals surface area contributed by atoms with Crippen molar-refractivity contribution in [3.05, 3.63) is 18.2 Å². The van der Waals surface area contributed by atoms with Crippen LogP contribution in [0.15, 0.2) is 18.2 Å². The van der Waals surface area contributed by atoms with Gasteiger partial charge in [-0.1, -0.05) is 6.07 Å². The summed E-state index contributed by atoms with van der Waals surface area (Å²) in [6.45, 7) is 10.5. The van der Waals surface area contributed by atoms with Gasteiger partial charge in [-0.2, -0.15) is 0 Å². The summed E-state index contributed by atoms with van der Waals surface area (Å²) in [5.74, 6) is 0.608. The second kappa shape index (κ2) is 5.69. The van der Waals surface area contributed by atoms with Gasteiger partial charge in [-0.15, -0.1) is 0 Å². The minimum Gasteiger partial charge on any atom is -0.492 e. The molecular weight excluding hydrogens is 269 g/mol. The number of nitrogens with one attached hydrogen (secondary N) is 1. The van der Waals surface area contributed by atoms with Crippen LogP contribution in [0.2, 0.25) is 0 Å². The first-order valence-corrected chi connectivity index (χ1v) is 7.13. The lowest BCUT2D eigenvalue weighted by molar-refractivity contribution is -0.105. The predicted octanol–water partition coefficient (Wildman–Crippen LogP) is 1.95. The van der Waals surface area contributed by atoms with E-state index in [0.717, 1.165) is 5.46 Å². The van der Waals surface area contributed by atoms with Crippen LogP contribution < -0.4 is 15.5 Å². The predicted molar refractivity (Wildman–Crippen MR) is 83.0 cm³/mol. The Balaban J connectivity index is 2.29. The number of anilines is 1. The Kier molecular flexibility index (Phi) is 4.30. The van der Waals surface area contributed by atoms with E-state index < -0.39 is 7.12 Å².